The van der Waals surface area contributed by atoms with Crippen molar-refractivity contribution in [2.75, 3.05) is 36.6 Å². The van der Waals surface area contributed by atoms with Gasteiger partial charge in [0.2, 0.25) is 0 Å². The Bertz CT molecular complexity index is 339. The summed E-state index contributed by atoms with van der Waals surface area (Å²) < 4.78 is 0. The molecule has 0 unspecified atom stereocenters. The highest BCUT2D eigenvalue weighted by Crippen LogP contribution is 2.22. The zero-order chi connectivity index (χ0) is 12.1. The molecule has 2 rings (SSSR count). The first-order valence-corrected chi connectivity index (χ1v) is 7.41. The SMILES string of the molecule is CNc1cc(N2CCCCCC2)nc(SC)n1. The van der Waals surface area contributed by atoms with Gasteiger partial charge in [0.1, 0.15) is 11.6 Å². The summed E-state index contributed by atoms with van der Waals surface area (Å²) in [6.45, 7) is 2.24. The van der Waals surface area contributed by atoms with Crippen molar-refractivity contribution >= 4 is 23.4 Å². The predicted octanol–water partition coefficient (Wildman–Crippen LogP) is 2.62. The molecule has 0 radical (unpaired) electrons. The lowest BCUT2D eigenvalue weighted by atomic mass is 10.2. The predicted molar refractivity (Wildman–Crippen MR) is 74.0 cm³/mol. The van der Waals surface area contributed by atoms with Gasteiger partial charge < -0.3 is 10.2 Å². The Morgan fingerprint density at radius 2 is 1.88 bits per heavy atom. The second-order valence-electron chi connectivity index (χ2n) is 4.25. The van der Waals surface area contributed by atoms with Crippen LogP contribution in [0.2, 0.25) is 0 Å². The van der Waals surface area contributed by atoms with Crippen LogP contribution in [0.4, 0.5) is 11.6 Å². The van der Waals surface area contributed by atoms with Gasteiger partial charge in [-0.2, -0.15) is 0 Å². The summed E-state index contributed by atoms with van der Waals surface area (Å²) in [5, 5.41) is 3.95. The van der Waals surface area contributed by atoms with Gasteiger partial charge in [0.15, 0.2) is 5.16 Å². The van der Waals surface area contributed by atoms with E-state index in [0.717, 1.165) is 29.9 Å². The molecule has 17 heavy (non-hydrogen) atoms. The number of aromatic nitrogens is 2. The van der Waals surface area contributed by atoms with E-state index in [1.807, 2.05) is 19.4 Å². The lowest BCUT2D eigenvalue weighted by Crippen LogP contribution is -2.25. The van der Waals surface area contributed by atoms with Crippen molar-refractivity contribution < 1.29 is 0 Å². The van der Waals surface area contributed by atoms with Crippen molar-refractivity contribution in [2.24, 2.45) is 0 Å². The van der Waals surface area contributed by atoms with E-state index in [4.69, 9.17) is 0 Å². The Morgan fingerprint density at radius 3 is 2.47 bits per heavy atom. The molecule has 5 heteroatoms. The molecule has 1 N–H and O–H groups in total. The minimum absolute atomic E-state index is 0.844. The molecular formula is C12H20N4S. The van der Waals surface area contributed by atoms with Crippen LogP contribution in [-0.4, -0.2) is 36.4 Å². The minimum atomic E-state index is 0.844. The van der Waals surface area contributed by atoms with Crippen molar-refractivity contribution in [3.63, 3.8) is 0 Å². The quantitative estimate of drug-likeness (QED) is 0.661. The van der Waals surface area contributed by atoms with Crippen LogP contribution in [0.3, 0.4) is 0 Å². The number of nitrogens with one attached hydrogen (secondary N) is 1. The molecule has 0 bridgehead atoms. The third kappa shape index (κ3) is 3.25. The first kappa shape index (κ1) is 12.5. The molecule has 2 heterocycles. The molecule has 1 saturated heterocycles. The average Bonchev–Trinajstić information content (AvgIpc) is 2.67. The maximum absolute atomic E-state index is 4.60. The van der Waals surface area contributed by atoms with Gasteiger partial charge in [-0.3, -0.25) is 0 Å². The van der Waals surface area contributed by atoms with E-state index in [1.165, 1.54) is 25.7 Å². The zero-order valence-electron chi connectivity index (χ0n) is 10.6. The lowest BCUT2D eigenvalue weighted by molar-refractivity contribution is 0.726. The summed E-state index contributed by atoms with van der Waals surface area (Å²) in [5.74, 6) is 1.97. The number of thioether (sulfide) groups is 1. The first-order valence-electron chi connectivity index (χ1n) is 6.19. The second kappa shape index (κ2) is 6.10. The molecule has 1 aromatic rings. The van der Waals surface area contributed by atoms with E-state index >= 15 is 0 Å². The highest BCUT2D eigenvalue weighted by molar-refractivity contribution is 7.98. The van der Waals surface area contributed by atoms with Gasteiger partial charge in [-0.25, -0.2) is 9.97 Å². The summed E-state index contributed by atoms with van der Waals surface area (Å²) >= 11 is 1.59. The van der Waals surface area contributed by atoms with Crippen LogP contribution in [0.15, 0.2) is 11.2 Å². The van der Waals surface area contributed by atoms with Crippen LogP contribution >= 0.6 is 11.8 Å². The molecule has 0 aromatic carbocycles. The molecule has 0 spiro atoms. The molecule has 1 aliphatic rings. The van der Waals surface area contributed by atoms with Crippen molar-refractivity contribution in [3.05, 3.63) is 6.07 Å². The molecule has 0 aliphatic carbocycles. The second-order valence-corrected chi connectivity index (χ2v) is 5.02. The standard InChI is InChI=1S/C12H20N4S/c1-13-10-9-11(15-12(14-10)17-2)16-7-5-3-4-6-8-16/h9H,3-8H2,1-2H3,(H,13,14,15). The Kier molecular flexibility index (Phi) is 4.48. The topological polar surface area (TPSA) is 41.0 Å². The molecule has 94 valence electrons. The molecule has 0 atom stereocenters. The smallest absolute Gasteiger partial charge is 0.191 e. The number of anilines is 2. The van der Waals surface area contributed by atoms with Gasteiger partial charge in [0.25, 0.3) is 0 Å². The van der Waals surface area contributed by atoms with Crippen molar-refractivity contribution in [1.82, 2.24) is 9.97 Å². The molecular weight excluding hydrogens is 232 g/mol. The number of hydrogen-bond acceptors (Lipinski definition) is 5. The van der Waals surface area contributed by atoms with Crippen molar-refractivity contribution in [3.8, 4) is 0 Å². The van der Waals surface area contributed by atoms with E-state index in [9.17, 15) is 0 Å². The van der Waals surface area contributed by atoms with Crippen LogP contribution in [0, 0.1) is 0 Å². The summed E-state index contributed by atoms with van der Waals surface area (Å²) in [6.07, 6.45) is 7.24. The largest absolute Gasteiger partial charge is 0.373 e. The van der Waals surface area contributed by atoms with E-state index in [0.29, 0.717) is 0 Å². The maximum atomic E-state index is 4.60. The van der Waals surface area contributed by atoms with E-state index < -0.39 is 0 Å². The van der Waals surface area contributed by atoms with Gasteiger partial charge in [-0.1, -0.05) is 24.6 Å². The Morgan fingerprint density at radius 1 is 1.18 bits per heavy atom. The highest BCUT2D eigenvalue weighted by Gasteiger charge is 2.13. The lowest BCUT2D eigenvalue weighted by Gasteiger charge is -2.22. The van der Waals surface area contributed by atoms with Gasteiger partial charge in [-0.05, 0) is 19.1 Å². The maximum Gasteiger partial charge on any atom is 0.191 e. The Hall–Kier alpha value is -0.970. The van der Waals surface area contributed by atoms with Crippen LogP contribution in [-0.2, 0) is 0 Å². The van der Waals surface area contributed by atoms with Crippen LogP contribution in [0.5, 0.6) is 0 Å². The Balaban J connectivity index is 2.22. The average molecular weight is 252 g/mol. The third-order valence-corrected chi connectivity index (χ3v) is 3.61. The van der Waals surface area contributed by atoms with E-state index in [2.05, 4.69) is 20.2 Å². The number of nitrogens with zero attached hydrogens (tertiary/aromatic N) is 3. The molecule has 0 saturated carbocycles. The normalized spacial score (nSPS) is 16.7. The number of hydrogen-bond donors (Lipinski definition) is 1. The van der Waals surface area contributed by atoms with Crippen LogP contribution in [0.1, 0.15) is 25.7 Å². The fraction of sp³-hybridized carbons (Fsp3) is 0.667. The third-order valence-electron chi connectivity index (χ3n) is 3.06. The fourth-order valence-corrected chi connectivity index (χ4v) is 2.47. The monoisotopic (exact) mass is 252 g/mol. The fourth-order valence-electron chi connectivity index (χ4n) is 2.09. The summed E-state index contributed by atoms with van der Waals surface area (Å²) in [5.41, 5.74) is 0. The van der Waals surface area contributed by atoms with Gasteiger partial charge in [-0.15, -0.1) is 0 Å². The Labute approximate surface area is 107 Å². The van der Waals surface area contributed by atoms with Gasteiger partial charge >= 0.3 is 0 Å². The van der Waals surface area contributed by atoms with Gasteiger partial charge in [0, 0.05) is 26.2 Å². The minimum Gasteiger partial charge on any atom is -0.373 e. The van der Waals surface area contributed by atoms with E-state index in [1.54, 1.807) is 11.8 Å². The molecule has 1 aromatic heterocycles. The summed E-state index contributed by atoms with van der Waals surface area (Å²) in [7, 11) is 1.90. The summed E-state index contributed by atoms with van der Waals surface area (Å²) in [4.78, 5) is 11.4. The molecule has 4 nitrogen and oxygen atoms in total. The van der Waals surface area contributed by atoms with Crippen LogP contribution < -0.4 is 10.2 Å². The van der Waals surface area contributed by atoms with Crippen molar-refractivity contribution in [2.45, 2.75) is 30.8 Å². The number of rotatable bonds is 3. The highest BCUT2D eigenvalue weighted by atomic mass is 32.2. The van der Waals surface area contributed by atoms with Gasteiger partial charge in [0.05, 0.1) is 0 Å². The molecule has 0 amide bonds. The summed E-state index contributed by atoms with van der Waals surface area (Å²) in [6, 6.07) is 2.05. The molecule has 1 aliphatic heterocycles. The molecule has 1 fully saturated rings. The van der Waals surface area contributed by atoms with E-state index in [-0.39, 0.29) is 0 Å². The first-order chi connectivity index (χ1) is 8.33. The zero-order valence-corrected chi connectivity index (χ0v) is 11.4. The van der Waals surface area contributed by atoms with Crippen LogP contribution in [0.25, 0.3) is 0 Å². The van der Waals surface area contributed by atoms with Crippen molar-refractivity contribution in [1.29, 1.82) is 0 Å².